The summed E-state index contributed by atoms with van der Waals surface area (Å²) in [4.78, 5) is 11.7. The highest BCUT2D eigenvalue weighted by molar-refractivity contribution is 5.76. The lowest BCUT2D eigenvalue weighted by molar-refractivity contribution is -0.122. The summed E-state index contributed by atoms with van der Waals surface area (Å²) in [5.74, 6) is 0.900. The first kappa shape index (κ1) is 14.5. The molecule has 1 aliphatic rings. The maximum absolute atomic E-state index is 11.7. The van der Waals surface area contributed by atoms with E-state index in [-0.39, 0.29) is 11.9 Å². The molecule has 1 atom stereocenters. The molecule has 1 saturated heterocycles. The standard InChI is InChI=1S/C13H26N2O2/c1-3-12(10-17-2)15-13(16)5-4-11-6-8-14-9-7-11/h11-12,14H,3-10H2,1-2H3,(H,15,16). The van der Waals surface area contributed by atoms with Crippen LogP contribution in [0.3, 0.4) is 0 Å². The van der Waals surface area contributed by atoms with Crippen LogP contribution in [0.2, 0.25) is 0 Å². The number of carbonyl (C=O) groups is 1. The van der Waals surface area contributed by atoms with Gasteiger partial charge in [0, 0.05) is 13.5 Å². The molecule has 0 radical (unpaired) electrons. The molecule has 1 heterocycles. The fourth-order valence-corrected chi connectivity index (χ4v) is 2.27. The van der Waals surface area contributed by atoms with Gasteiger partial charge < -0.3 is 15.4 Å². The molecule has 0 aromatic heterocycles. The van der Waals surface area contributed by atoms with E-state index >= 15 is 0 Å². The van der Waals surface area contributed by atoms with Gasteiger partial charge in [0.1, 0.15) is 0 Å². The summed E-state index contributed by atoms with van der Waals surface area (Å²) in [6, 6.07) is 0.167. The molecular formula is C13H26N2O2. The molecule has 100 valence electrons. The number of ether oxygens (including phenoxy) is 1. The van der Waals surface area contributed by atoms with Crippen LogP contribution in [0.4, 0.5) is 0 Å². The first-order chi connectivity index (χ1) is 8.26. The molecule has 1 aliphatic heterocycles. The molecule has 0 aromatic carbocycles. The highest BCUT2D eigenvalue weighted by Crippen LogP contribution is 2.17. The summed E-state index contributed by atoms with van der Waals surface area (Å²) < 4.78 is 5.07. The van der Waals surface area contributed by atoms with Crippen molar-refractivity contribution < 1.29 is 9.53 Å². The highest BCUT2D eigenvalue weighted by Gasteiger charge is 2.15. The Morgan fingerprint density at radius 2 is 2.18 bits per heavy atom. The second-order valence-corrected chi connectivity index (χ2v) is 4.86. The maximum atomic E-state index is 11.7. The number of nitrogens with one attached hydrogen (secondary N) is 2. The van der Waals surface area contributed by atoms with Crippen molar-refractivity contribution in [2.45, 2.75) is 45.1 Å². The number of hydrogen-bond donors (Lipinski definition) is 2. The zero-order valence-electron chi connectivity index (χ0n) is 11.1. The number of hydrogen-bond acceptors (Lipinski definition) is 3. The van der Waals surface area contributed by atoms with Crippen molar-refractivity contribution in [1.29, 1.82) is 0 Å². The van der Waals surface area contributed by atoms with Gasteiger partial charge in [-0.2, -0.15) is 0 Å². The fraction of sp³-hybridized carbons (Fsp3) is 0.923. The van der Waals surface area contributed by atoms with Crippen molar-refractivity contribution in [1.82, 2.24) is 10.6 Å². The SMILES string of the molecule is CCC(COC)NC(=O)CCC1CCNCC1. The van der Waals surface area contributed by atoms with Crippen molar-refractivity contribution in [2.24, 2.45) is 5.92 Å². The Morgan fingerprint density at radius 3 is 2.76 bits per heavy atom. The molecule has 0 aromatic rings. The predicted molar refractivity (Wildman–Crippen MR) is 68.9 cm³/mol. The lowest BCUT2D eigenvalue weighted by Crippen LogP contribution is -2.37. The summed E-state index contributed by atoms with van der Waals surface area (Å²) in [7, 11) is 1.67. The molecule has 0 bridgehead atoms. The Hall–Kier alpha value is -0.610. The number of amides is 1. The van der Waals surface area contributed by atoms with Crippen LogP contribution >= 0.6 is 0 Å². The summed E-state index contributed by atoms with van der Waals surface area (Å²) in [6.07, 6.45) is 5.03. The van der Waals surface area contributed by atoms with E-state index in [0.717, 1.165) is 31.8 Å². The summed E-state index contributed by atoms with van der Waals surface area (Å²) in [6.45, 7) is 4.88. The number of rotatable bonds is 7. The van der Waals surface area contributed by atoms with Gasteiger partial charge in [-0.05, 0) is 44.7 Å². The Kier molecular flexibility index (Phi) is 7.21. The summed E-state index contributed by atoms with van der Waals surface area (Å²) >= 11 is 0. The smallest absolute Gasteiger partial charge is 0.220 e. The minimum Gasteiger partial charge on any atom is -0.383 e. The van der Waals surface area contributed by atoms with Crippen LogP contribution in [-0.4, -0.2) is 38.8 Å². The summed E-state index contributed by atoms with van der Waals surface area (Å²) in [5.41, 5.74) is 0. The van der Waals surface area contributed by atoms with E-state index in [1.807, 2.05) is 0 Å². The van der Waals surface area contributed by atoms with Crippen molar-refractivity contribution in [3.05, 3.63) is 0 Å². The third-order valence-corrected chi connectivity index (χ3v) is 3.46. The molecule has 0 spiro atoms. The predicted octanol–water partition coefficient (Wildman–Crippen LogP) is 1.31. The van der Waals surface area contributed by atoms with E-state index in [9.17, 15) is 4.79 Å². The van der Waals surface area contributed by atoms with Gasteiger partial charge in [-0.3, -0.25) is 4.79 Å². The lowest BCUT2D eigenvalue weighted by atomic mass is 9.93. The Bertz CT molecular complexity index is 215. The van der Waals surface area contributed by atoms with E-state index in [1.54, 1.807) is 7.11 Å². The molecule has 0 saturated carbocycles. The topological polar surface area (TPSA) is 50.4 Å². The zero-order chi connectivity index (χ0) is 12.5. The second-order valence-electron chi connectivity index (χ2n) is 4.86. The van der Waals surface area contributed by atoms with Crippen molar-refractivity contribution in [3.8, 4) is 0 Å². The van der Waals surface area contributed by atoms with Crippen LogP contribution in [0.15, 0.2) is 0 Å². The van der Waals surface area contributed by atoms with Crippen LogP contribution in [0.1, 0.15) is 39.0 Å². The third-order valence-electron chi connectivity index (χ3n) is 3.46. The molecule has 4 heteroatoms. The quantitative estimate of drug-likeness (QED) is 0.707. The molecule has 1 unspecified atom stereocenters. The van der Waals surface area contributed by atoms with Crippen LogP contribution < -0.4 is 10.6 Å². The normalized spacial score (nSPS) is 18.9. The first-order valence-electron chi connectivity index (χ1n) is 6.75. The van der Waals surface area contributed by atoms with Crippen LogP contribution in [0.5, 0.6) is 0 Å². The van der Waals surface area contributed by atoms with Gasteiger partial charge >= 0.3 is 0 Å². The van der Waals surface area contributed by atoms with Gasteiger partial charge in [-0.1, -0.05) is 6.92 Å². The number of piperidine rings is 1. The van der Waals surface area contributed by atoms with Gasteiger partial charge in [0.05, 0.1) is 12.6 Å². The third kappa shape index (κ3) is 6.03. The van der Waals surface area contributed by atoms with E-state index in [2.05, 4.69) is 17.6 Å². The number of carbonyl (C=O) groups excluding carboxylic acids is 1. The molecule has 0 aliphatic carbocycles. The van der Waals surface area contributed by atoms with Gasteiger partial charge in [0.25, 0.3) is 0 Å². The highest BCUT2D eigenvalue weighted by atomic mass is 16.5. The number of methoxy groups -OCH3 is 1. The first-order valence-corrected chi connectivity index (χ1v) is 6.75. The average molecular weight is 242 g/mol. The van der Waals surface area contributed by atoms with Crippen molar-refractivity contribution in [3.63, 3.8) is 0 Å². The summed E-state index contributed by atoms with van der Waals surface area (Å²) in [5, 5.41) is 6.37. The van der Waals surface area contributed by atoms with Crippen LogP contribution in [-0.2, 0) is 9.53 Å². The molecule has 1 fully saturated rings. The zero-order valence-corrected chi connectivity index (χ0v) is 11.1. The van der Waals surface area contributed by atoms with Gasteiger partial charge in [0.2, 0.25) is 5.91 Å². The van der Waals surface area contributed by atoms with Gasteiger partial charge in [0.15, 0.2) is 0 Å². The largest absolute Gasteiger partial charge is 0.383 e. The molecule has 4 nitrogen and oxygen atoms in total. The lowest BCUT2D eigenvalue weighted by Gasteiger charge is -2.22. The molecule has 1 rings (SSSR count). The maximum Gasteiger partial charge on any atom is 0.220 e. The molecule has 1 amide bonds. The van der Waals surface area contributed by atoms with E-state index in [1.165, 1.54) is 12.8 Å². The minimum atomic E-state index is 0.167. The Morgan fingerprint density at radius 1 is 1.47 bits per heavy atom. The Balaban J connectivity index is 2.14. The van der Waals surface area contributed by atoms with E-state index < -0.39 is 0 Å². The van der Waals surface area contributed by atoms with Crippen LogP contribution in [0, 0.1) is 5.92 Å². The second kappa shape index (κ2) is 8.48. The fourth-order valence-electron chi connectivity index (χ4n) is 2.27. The molecule has 2 N–H and O–H groups in total. The minimum absolute atomic E-state index is 0.167. The monoisotopic (exact) mass is 242 g/mol. The molecular weight excluding hydrogens is 216 g/mol. The van der Waals surface area contributed by atoms with Crippen LogP contribution in [0.25, 0.3) is 0 Å². The Labute approximate surface area is 104 Å². The van der Waals surface area contributed by atoms with E-state index in [4.69, 9.17) is 4.74 Å². The van der Waals surface area contributed by atoms with Gasteiger partial charge in [-0.25, -0.2) is 0 Å². The van der Waals surface area contributed by atoms with Crippen molar-refractivity contribution >= 4 is 5.91 Å². The van der Waals surface area contributed by atoms with Crippen molar-refractivity contribution in [2.75, 3.05) is 26.8 Å². The van der Waals surface area contributed by atoms with E-state index in [0.29, 0.717) is 13.0 Å². The average Bonchev–Trinajstić information content (AvgIpc) is 2.37. The molecule has 17 heavy (non-hydrogen) atoms. The van der Waals surface area contributed by atoms with Gasteiger partial charge in [-0.15, -0.1) is 0 Å².